The van der Waals surface area contributed by atoms with Gasteiger partial charge < -0.3 is 5.32 Å². The number of piperidine rings is 1. The number of hydrogen-bond donors (Lipinski definition) is 1. The molecule has 120 valence electrons. The summed E-state index contributed by atoms with van der Waals surface area (Å²) >= 11 is 0. The fraction of sp³-hybridized carbons (Fsp3) is 1.00. The molecule has 0 aliphatic carbocycles. The van der Waals surface area contributed by atoms with E-state index in [0.717, 1.165) is 25.9 Å². The van der Waals surface area contributed by atoms with E-state index in [4.69, 9.17) is 0 Å². The molecule has 20 heavy (non-hydrogen) atoms. The first-order valence-corrected chi connectivity index (χ1v) is 7.66. The van der Waals surface area contributed by atoms with Crippen molar-refractivity contribution in [1.29, 1.82) is 0 Å². The Balaban J connectivity index is 2.20. The van der Waals surface area contributed by atoms with Crippen molar-refractivity contribution in [1.82, 2.24) is 10.2 Å². The van der Waals surface area contributed by atoms with Crippen LogP contribution in [0.25, 0.3) is 0 Å². The smallest absolute Gasteiger partial charge is 0.311 e. The number of nitrogens with one attached hydrogen (secondary N) is 1. The second-order valence-electron chi connectivity index (χ2n) is 7.01. The van der Waals surface area contributed by atoms with Gasteiger partial charge in [0.2, 0.25) is 0 Å². The zero-order valence-electron chi connectivity index (χ0n) is 13.2. The number of hydrogen-bond acceptors (Lipinski definition) is 2. The molecule has 1 N–H and O–H groups in total. The Morgan fingerprint density at radius 1 is 1.15 bits per heavy atom. The minimum atomic E-state index is -4.02. The van der Waals surface area contributed by atoms with E-state index in [9.17, 15) is 13.2 Å². The van der Waals surface area contributed by atoms with Gasteiger partial charge in [-0.3, -0.25) is 4.90 Å². The van der Waals surface area contributed by atoms with E-state index in [1.54, 1.807) is 0 Å². The van der Waals surface area contributed by atoms with Crippen molar-refractivity contribution < 1.29 is 13.2 Å². The summed E-state index contributed by atoms with van der Waals surface area (Å²) in [5.74, 6) is 0. The van der Waals surface area contributed by atoms with Crippen LogP contribution in [0.3, 0.4) is 0 Å². The number of rotatable bonds is 5. The van der Waals surface area contributed by atoms with Crippen molar-refractivity contribution >= 4 is 0 Å². The number of alkyl halides is 3. The van der Waals surface area contributed by atoms with Crippen molar-refractivity contribution in [2.45, 2.75) is 83.6 Å². The zero-order valence-corrected chi connectivity index (χ0v) is 13.2. The number of halogens is 3. The third kappa shape index (κ3) is 6.93. The molecule has 0 aromatic heterocycles. The van der Waals surface area contributed by atoms with Gasteiger partial charge in [0.1, 0.15) is 0 Å². The second-order valence-corrected chi connectivity index (χ2v) is 7.01. The molecule has 1 unspecified atom stereocenters. The average Bonchev–Trinajstić information content (AvgIpc) is 2.26. The molecule has 1 aliphatic rings. The maximum absolute atomic E-state index is 12.1. The van der Waals surface area contributed by atoms with Crippen molar-refractivity contribution in [3.63, 3.8) is 0 Å². The predicted octanol–water partition coefficient (Wildman–Crippen LogP) is 3.96. The molecule has 0 saturated carbocycles. The van der Waals surface area contributed by atoms with Gasteiger partial charge in [0.15, 0.2) is 0 Å². The largest absolute Gasteiger partial charge is 0.389 e. The van der Waals surface area contributed by atoms with Gasteiger partial charge in [0.05, 0.1) is 0 Å². The highest BCUT2D eigenvalue weighted by Gasteiger charge is 2.28. The molecule has 0 bridgehead atoms. The molecule has 1 aliphatic heterocycles. The predicted molar refractivity (Wildman–Crippen MR) is 76.9 cm³/mol. The van der Waals surface area contributed by atoms with Crippen LogP contribution in [0.2, 0.25) is 0 Å². The van der Waals surface area contributed by atoms with Crippen molar-refractivity contribution in [3.05, 3.63) is 0 Å². The molecular weight excluding hydrogens is 265 g/mol. The first-order chi connectivity index (χ1) is 9.08. The minimum absolute atomic E-state index is 0.170. The van der Waals surface area contributed by atoms with Gasteiger partial charge in [-0.15, -0.1) is 0 Å². The van der Waals surface area contributed by atoms with Gasteiger partial charge in [-0.1, -0.05) is 0 Å². The minimum Gasteiger partial charge on any atom is -0.311 e. The lowest BCUT2D eigenvalue weighted by atomic mass is 9.97. The molecular formula is C15H29F3N2. The fourth-order valence-corrected chi connectivity index (χ4v) is 2.81. The first kappa shape index (κ1) is 17.8. The SMILES string of the molecule is CC(CCCC(F)(F)F)NC1CCN(C(C)(C)C)CC1. The summed E-state index contributed by atoms with van der Waals surface area (Å²) in [7, 11) is 0. The summed E-state index contributed by atoms with van der Waals surface area (Å²) < 4.78 is 36.3. The van der Waals surface area contributed by atoms with E-state index in [1.165, 1.54) is 0 Å². The van der Waals surface area contributed by atoms with Gasteiger partial charge in [-0.05, 0) is 53.4 Å². The lowest BCUT2D eigenvalue weighted by molar-refractivity contribution is -0.135. The van der Waals surface area contributed by atoms with Gasteiger partial charge in [-0.25, -0.2) is 0 Å². The highest BCUT2D eigenvalue weighted by Crippen LogP contribution is 2.23. The number of nitrogens with zero attached hydrogens (tertiary/aromatic N) is 1. The molecule has 1 saturated heterocycles. The third-order valence-electron chi connectivity index (χ3n) is 4.06. The monoisotopic (exact) mass is 294 g/mol. The summed E-state index contributed by atoms with van der Waals surface area (Å²) in [5.41, 5.74) is 0.212. The molecule has 2 nitrogen and oxygen atoms in total. The maximum Gasteiger partial charge on any atom is 0.389 e. The summed E-state index contributed by atoms with van der Waals surface area (Å²) in [6.07, 6.45) is -1.70. The summed E-state index contributed by atoms with van der Waals surface area (Å²) in [6, 6.07) is 0.623. The molecule has 1 fully saturated rings. The average molecular weight is 294 g/mol. The van der Waals surface area contributed by atoms with Crippen LogP contribution in [0.4, 0.5) is 13.2 Å². The van der Waals surface area contributed by atoms with Crippen LogP contribution in [-0.2, 0) is 0 Å². The van der Waals surface area contributed by atoms with Crippen LogP contribution in [-0.4, -0.2) is 41.8 Å². The van der Waals surface area contributed by atoms with Crippen molar-refractivity contribution in [2.24, 2.45) is 0 Å². The third-order valence-corrected chi connectivity index (χ3v) is 4.06. The van der Waals surface area contributed by atoms with E-state index >= 15 is 0 Å². The summed E-state index contributed by atoms with van der Waals surface area (Å²) in [4.78, 5) is 2.47. The molecule has 0 aromatic rings. The second kappa shape index (κ2) is 7.12. The Hall–Kier alpha value is -0.290. The van der Waals surface area contributed by atoms with Crippen molar-refractivity contribution in [2.75, 3.05) is 13.1 Å². The Morgan fingerprint density at radius 2 is 1.70 bits per heavy atom. The van der Waals surface area contributed by atoms with Crippen LogP contribution in [0.5, 0.6) is 0 Å². The van der Waals surface area contributed by atoms with Gasteiger partial charge >= 0.3 is 6.18 Å². The van der Waals surface area contributed by atoms with Crippen molar-refractivity contribution in [3.8, 4) is 0 Å². The Bertz CT molecular complexity index is 276. The number of likely N-dealkylation sites (tertiary alicyclic amines) is 1. The lowest BCUT2D eigenvalue weighted by Gasteiger charge is -2.41. The van der Waals surface area contributed by atoms with Crippen LogP contribution in [0.15, 0.2) is 0 Å². The van der Waals surface area contributed by atoms with E-state index < -0.39 is 12.6 Å². The molecule has 1 heterocycles. The van der Waals surface area contributed by atoms with Gasteiger partial charge in [0, 0.05) is 37.1 Å². The molecule has 1 rings (SSSR count). The highest BCUT2D eigenvalue weighted by atomic mass is 19.4. The summed E-state index contributed by atoms with van der Waals surface area (Å²) in [6.45, 7) is 10.8. The topological polar surface area (TPSA) is 15.3 Å². The van der Waals surface area contributed by atoms with E-state index in [-0.39, 0.29) is 18.0 Å². The first-order valence-electron chi connectivity index (χ1n) is 7.66. The van der Waals surface area contributed by atoms with Gasteiger partial charge in [-0.2, -0.15) is 13.2 Å². The Kier molecular flexibility index (Phi) is 6.32. The molecule has 0 radical (unpaired) electrons. The van der Waals surface area contributed by atoms with E-state index in [2.05, 4.69) is 31.0 Å². The molecule has 0 spiro atoms. The van der Waals surface area contributed by atoms with Crippen LogP contribution < -0.4 is 5.32 Å². The normalized spacial score (nSPS) is 21.1. The zero-order chi connectivity index (χ0) is 15.4. The quantitative estimate of drug-likeness (QED) is 0.825. The van der Waals surface area contributed by atoms with Crippen LogP contribution in [0, 0.1) is 0 Å². The van der Waals surface area contributed by atoms with E-state index in [1.807, 2.05) is 6.92 Å². The highest BCUT2D eigenvalue weighted by molar-refractivity contribution is 4.85. The van der Waals surface area contributed by atoms with Gasteiger partial charge in [0.25, 0.3) is 0 Å². The maximum atomic E-state index is 12.1. The standard InChI is InChI=1S/C15H29F3N2/c1-12(6-5-9-15(16,17)18)19-13-7-10-20(11-8-13)14(2,3)4/h12-13,19H,5-11H2,1-4H3. The Labute approximate surface area is 121 Å². The van der Waals surface area contributed by atoms with E-state index in [0.29, 0.717) is 12.5 Å². The lowest BCUT2D eigenvalue weighted by Crippen LogP contribution is -2.51. The molecule has 1 atom stereocenters. The van der Waals surface area contributed by atoms with Crippen LogP contribution >= 0.6 is 0 Å². The molecule has 5 heteroatoms. The molecule has 0 amide bonds. The van der Waals surface area contributed by atoms with Crippen LogP contribution in [0.1, 0.15) is 59.8 Å². The summed E-state index contributed by atoms with van der Waals surface area (Å²) in [5, 5.41) is 3.48. The fourth-order valence-electron chi connectivity index (χ4n) is 2.81. The molecule has 0 aromatic carbocycles. The Morgan fingerprint density at radius 3 is 2.15 bits per heavy atom.